The van der Waals surface area contributed by atoms with Gasteiger partial charge in [0.2, 0.25) is 0 Å². The quantitative estimate of drug-likeness (QED) is 0.326. The summed E-state index contributed by atoms with van der Waals surface area (Å²) in [6.45, 7) is 3.15. The van der Waals surface area contributed by atoms with Crippen molar-refractivity contribution in [3.63, 3.8) is 0 Å². The van der Waals surface area contributed by atoms with E-state index in [1.807, 2.05) is 6.07 Å². The number of rotatable bonds is 5. The Balaban J connectivity index is 5.10. The molecule has 0 aliphatic carbocycles. The van der Waals surface area contributed by atoms with Crippen molar-refractivity contribution in [1.29, 1.82) is 10.5 Å². The standard InChI is InChI=1S/C11H11N3O3S/c1-3-10(9-13)5-6-11(4-2)18(15,16)17-14-8-7-12/h3-6,8H,1-2H3/b6-5-,10-3+,11-4+,14-8-. The number of oxime groups is 1. The first-order valence-corrected chi connectivity index (χ1v) is 6.18. The molecule has 0 N–H and O–H groups in total. The fraction of sp³-hybridized carbons (Fsp3) is 0.182. The lowest BCUT2D eigenvalue weighted by atomic mass is 10.2. The van der Waals surface area contributed by atoms with Gasteiger partial charge in [-0.05, 0) is 26.0 Å². The summed E-state index contributed by atoms with van der Waals surface area (Å²) in [4.78, 5) is -0.160. The maximum absolute atomic E-state index is 11.6. The van der Waals surface area contributed by atoms with Crippen LogP contribution >= 0.6 is 0 Å². The Morgan fingerprint density at radius 2 is 1.89 bits per heavy atom. The van der Waals surface area contributed by atoms with Crippen molar-refractivity contribution in [2.45, 2.75) is 13.8 Å². The van der Waals surface area contributed by atoms with Gasteiger partial charge < -0.3 is 0 Å². The molecule has 0 aliphatic rings. The minimum atomic E-state index is -4.07. The van der Waals surface area contributed by atoms with E-state index in [0.717, 1.165) is 0 Å². The average molecular weight is 265 g/mol. The zero-order valence-electron chi connectivity index (χ0n) is 9.86. The van der Waals surface area contributed by atoms with Gasteiger partial charge in [0, 0.05) is 5.57 Å². The summed E-state index contributed by atoms with van der Waals surface area (Å²) in [6.07, 6.45) is 6.03. The van der Waals surface area contributed by atoms with Gasteiger partial charge in [0.1, 0.15) is 17.2 Å². The molecule has 0 fully saturated rings. The number of nitriles is 2. The lowest BCUT2D eigenvalue weighted by molar-refractivity contribution is 0.347. The zero-order chi connectivity index (χ0) is 14.0. The largest absolute Gasteiger partial charge is 0.358 e. The number of allylic oxidation sites excluding steroid dienone is 5. The Bertz CT molecular complexity index is 584. The van der Waals surface area contributed by atoms with Crippen LogP contribution in [0.5, 0.6) is 0 Å². The predicted molar refractivity (Wildman–Crippen MR) is 66.4 cm³/mol. The second-order valence-corrected chi connectivity index (χ2v) is 4.30. The Labute approximate surface area is 106 Å². The lowest BCUT2D eigenvalue weighted by Crippen LogP contribution is -2.03. The van der Waals surface area contributed by atoms with E-state index in [2.05, 4.69) is 9.44 Å². The van der Waals surface area contributed by atoms with E-state index in [-0.39, 0.29) is 4.91 Å². The van der Waals surface area contributed by atoms with Crippen LogP contribution in [-0.4, -0.2) is 14.6 Å². The van der Waals surface area contributed by atoms with E-state index in [1.165, 1.54) is 37.3 Å². The van der Waals surface area contributed by atoms with E-state index in [1.54, 1.807) is 6.92 Å². The first-order chi connectivity index (χ1) is 8.51. The normalized spacial score (nSPS) is 13.6. The molecule has 0 atom stereocenters. The molecule has 6 nitrogen and oxygen atoms in total. The third-order valence-corrected chi connectivity index (χ3v) is 2.92. The molecule has 0 spiro atoms. The fourth-order valence-electron chi connectivity index (χ4n) is 0.839. The van der Waals surface area contributed by atoms with Gasteiger partial charge in [-0.3, -0.25) is 4.28 Å². The van der Waals surface area contributed by atoms with Crippen LogP contribution in [0.15, 0.2) is 39.9 Å². The predicted octanol–water partition coefficient (Wildman–Crippen LogP) is 1.77. The summed E-state index contributed by atoms with van der Waals surface area (Å²) in [5.41, 5.74) is 0.310. The summed E-state index contributed by atoms with van der Waals surface area (Å²) < 4.78 is 27.3. The van der Waals surface area contributed by atoms with Crippen LogP contribution in [0.3, 0.4) is 0 Å². The molecule has 0 rings (SSSR count). The van der Waals surface area contributed by atoms with Gasteiger partial charge in [-0.25, -0.2) is 0 Å². The minimum absolute atomic E-state index is 0.160. The number of hydrogen-bond donors (Lipinski definition) is 0. The maximum Gasteiger partial charge on any atom is 0.358 e. The molecular formula is C11H11N3O3S. The highest BCUT2D eigenvalue weighted by Gasteiger charge is 2.15. The first kappa shape index (κ1) is 15.6. The van der Waals surface area contributed by atoms with Crippen molar-refractivity contribution < 1.29 is 12.7 Å². The molecule has 0 aliphatic heterocycles. The van der Waals surface area contributed by atoms with E-state index >= 15 is 0 Å². The molecule has 0 amide bonds. The van der Waals surface area contributed by atoms with Crippen LogP contribution in [-0.2, 0) is 14.4 Å². The highest BCUT2D eigenvalue weighted by atomic mass is 32.2. The van der Waals surface area contributed by atoms with Crippen LogP contribution < -0.4 is 0 Å². The van der Waals surface area contributed by atoms with Crippen LogP contribution in [0.25, 0.3) is 0 Å². The fourth-order valence-corrected chi connectivity index (χ4v) is 1.60. The third-order valence-electron chi connectivity index (χ3n) is 1.69. The molecule has 94 valence electrons. The zero-order valence-corrected chi connectivity index (χ0v) is 10.7. The number of nitrogens with zero attached hydrogens (tertiary/aromatic N) is 3. The third kappa shape index (κ3) is 5.10. The topological polar surface area (TPSA) is 103 Å². The van der Waals surface area contributed by atoms with Crippen molar-refractivity contribution in [3.05, 3.63) is 34.8 Å². The molecule has 0 radical (unpaired) electrons. The van der Waals surface area contributed by atoms with Crippen molar-refractivity contribution in [3.8, 4) is 12.1 Å². The molecule has 0 heterocycles. The van der Waals surface area contributed by atoms with E-state index in [0.29, 0.717) is 11.8 Å². The summed E-state index contributed by atoms with van der Waals surface area (Å²) in [6, 6.07) is 3.37. The van der Waals surface area contributed by atoms with Crippen molar-refractivity contribution in [2.24, 2.45) is 5.16 Å². The molecule has 0 unspecified atom stereocenters. The summed E-state index contributed by atoms with van der Waals surface area (Å²) in [5.74, 6) is 0. The Morgan fingerprint density at radius 3 is 2.33 bits per heavy atom. The van der Waals surface area contributed by atoms with Gasteiger partial charge in [0.25, 0.3) is 0 Å². The van der Waals surface area contributed by atoms with Gasteiger partial charge >= 0.3 is 10.1 Å². The van der Waals surface area contributed by atoms with Crippen molar-refractivity contribution in [1.82, 2.24) is 0 Å². The first-order valence-electron chi connectivity index (χ1n) is 4.77. The van der Waals surface area contributed by atoms with Crippen molar-refractivity contribution >= 4 is 16.3 Å². The average Bonchev–Trinajstić information content (AvgIpc) is 2.34. The van der Waals surface area contributed by atoms with Gasteiger partial charge in [0.15, 0.2) is 0 Å². The monoisotopic (exact) mass is 265 g/mol. The number of hydrogen-bond acceptors (Lipinski definition) is 6. The molecule has 18 heavy (non-hydrogen) atoms. The van der Waals surface area contributed by atoms with Gasteiger partial charge in [-0.2, -0.15) is 18.9 Å². The van der Waals surface area contributed by atoms with Gasteiger partial charge in [0.05, 0.1) is 6.07 Å². The van der Waals surface area contributed by atoms with Crippen molar-refractivity contribution in [2.75, 3.05) is 0 Å². The van der Waals surface area contributed by atoms with Crippen LogP contribution in [0.1, 0.15) is 13.8 Å². The SMILES string of the molecule is C\C=C(C#N)/C=C\C(=C/C)S(=O)(=O)O/N=C\C#N. The highest BCUT2D eigenvalue weighted by molar-refractivity contribution is 7.90. The lowest BCUT2D eigenvalue weighted by Gasteiger charge is -2.00. The summed E-state index contributed by atoms with van der Waals surface area (Å²) in [7, 11) is -4.07. The molecule has 0 aromatic heterocycles. The molecule has 0 saturated carbocycles. The van der Waals surface area contributed by atoms with Gasteiger partial charge in [-0.15, -0.1) is 0 Å². The van der Waals surface area contributed by atoms with Crippen LogP contribution in [0.2, 0.25) is 0 Å². The smallest absolute Gasteiger partial charge is 0.264 e. The molecule has 0 aromatic carbocycles. The van der Waals surface area contributed by atoms with Gasteiger partial charge in [-0.1, -0.05) is 17.3 Å². The van der Waals surface area contributed by atoms with E-state index in [9.17, 15) is 8.42 Å². The molecule has 7 heteroatoms. The Kier molecular flexibility index (Phi) is 6.79. The molecule has 0 bridgehead atoms. The Hall–Kier alpha value is -2.38. The van der Waals surface area contributed by atoms with E-state index < -0.39 is 10.1 Å². The van der Waals surface area contributed by atoms with E-state index in [4.69, 9.17) is 10.5 Å². The molecule has 0 saturated heterocycles. The molecular weight excluding hydrogens is 254 g/mol. The summed E-state index contributed by atoms with van der Waals surface area (Å²) in [5, 5.41) is 19.8. The minimum Gasteiger partial charge on any atom is -0.264 e. The second-order valence-electron chi connectivity index (χ2n) is 2.77. The molecule has 0 aromatic rings. The summed E-state index contributed by atoms with van der Waals surface area (Å²) >= 11 is 0. The highest BCUT2D eigenvalue weighted by Crippen LogP contribution is 2.12. The maximum atomic E-state index is 11.6. The van der Waals surface area contributed by atoms with Crippen LogP contribution in [0, 0.1) is 22.7 Å². The second kappa shape index (κ2) is 7.82. The van der Waals surface area contributed by atoms with Crippen LogP contribution in [0.4, 0.5) is 0 Å². The Morgan fingerprint density at radius 1 is 1.22 bits per heavy atom.